The maximum Gasteiger partial charge on any atom is 0.280 e. The number of primary amides is 1. The van der Waals surface area contributed by atoms with E-state index in [-0.39, 0.29) is 18.5 Å². The molecule has 1 aromatic heterocycles. The minimum Gasteiger partial charge on any atom is -0.365 e. The van der Waals surface area contributed by atoms with E-state index in [4.69, 9.17) is 17.3 Å². The van der Waals surface area contributed by atoms with E-state index in [1.165, 1.54) is 11.3 Å². The summed E-state index contributed by atoms with van der Waals surface area (Å²) in [5.41, 5.74) is 8.01. The number of nitrogens with two attached hydrogens (primary N) is 2. The van der Waals surface area contributed by atoms with Crippen LogP contribution >= 0.6 is 22.9 Å². The summed E-state index contributed by atoms with van der Waals surface area (Å²) in [4.78, 5) is 25.2. The minimum atomic E-state index is -0.469. The molecule has 5 nitrogen and oxygen atoms in total. The molecule has 0 saturated heterocycles. The van der Waals surface area contributed by atoms with Crippen LogP contribution in [0.1, 0.15) is 45.7 Å². The third-order valence-electron chi connectivity index (χ3n) is 4.47. The van der Waals surface area contributed by atoms with E-state index >= 15 is 0 Å². The lowest BCUT2D eigenvalue weighted by Crippen LogP contribution is -2.86. The third-order valence-corrected chi connectivity index (χ3v) is 6.02. The number of hydrogen-bond donors (Lipinski definition) is 3. The van der Waals surface area contributed by atoms with Gasteiger partial charge in [-0.25, -0.2) is 0 Å². The van der Waals surface area contributed by atoms with Crippen molar-refractivity contribution in [3.8, 4) is 0 Å². The molecular formula is C18H21ClN3O2S+. The summed E-state index contributed by atoms with van der Waals surface area (Å²) in [6.07, 6.45) is 2.85. The quantitative estimate of drug-likeness (QED) is 0.719. The molecule has 0 aliphatic heterocycles. The van der Waals surface area contributed by atoms with Crippen LogP contribution in [0.25, 0.3) is 0 Å². The van der Waals surface area contributed by atoms with Gasteiger partial charge < -0.3 is 16.4 Å². The second-order valence-corrected chi connectivity index (χ2v) is 7.74. The molecule has 1 aliphatic carbocycles. The van der Waals surface area contributed by atoms with Crippen molar-refractivity contribution in [1.29, 1.82) is 0 Å². The van der Waals surface area contributed by atoms with E-state index in [1.807, 2.05) is 36.5 Å². The molecule has 0 radical (unpaired) electrons. The summed E-state index contributed by atoms with van der Waals surface area (Å²) < 4.78 is 0. The molecule has 0 saturated carbocycles. The van der Waals surface area contributed by atoms with Gasteiger partial charge in [0.15, 0.2) is 6.54 Å². The fourth-order valence-electron chi connectivity index (χ4n) is 3.19. The number of carbonyl (C=O) groups is 2. The molecule has 0 bridgehead atoms. The van der Waals surface area contributed by atoms with Gasteiger partial charge in [0, 0.05) is 15.5 Å². The SMILES string of the molecule is C[C@@H]([NH2+]CC(=O)Nc1sc2c(c1C(N)=O)CCC2)c1ccccc1Cl. The average molecular weight is 379 g/mol. The minimum absolute atomic E-state index is 0.0587. The monoisotopic (exact) mass is 378 g/mol. The molecule has 1 heterocycles. The van der Waals surface area contributed by atoms with Crippen LogP contribution in [-0.2, 0) is 17.6 Å². The molecule has 25 heavy (non-hydrogen) atoms. The Hall–Kier alpha value is -1.89. The molecule has 7 heteroatoms. The third kappa shape index (κ3) is 3.86. The first-order valence-electron chi connectivity index (χ1n) is 8.29. The second-order valence-electron chi connectivity index (χ2n) is 6.22. The summed E-state index contributed by atoms with van der Waals surface area (Å²) >= 11 is 7.66. The van der Waals surface area contributed by atoms with Crippen LogP contribution in [-0.4, -0.2) is 18.4 Å². The number of carbonyl (C=O) groups excluding carboxylic acids is 2. The number of aryl methyl sites for hydroxylation is 1. The molecule has 132 valence electrons. The highest BCUT2D eigenvalue weighted by atomic mass is 35.5. The Morgan fingerprint density at radius 3 is 2.84 bits per heavy atom. The normalized spacial score (nSPS) is 14.2. The summed E-state index contributed by atoms with van der Waals surface area (Å²) in [5.74, 6) is -0.621. The predicted octanol–water partition coefficient (Wildman–Crippen LogP) is 2.25. The van der Waals surface area contributed by atoms with Crippen molar-refractivity contribution in [3.63, 3.8) is 0 Å². The lowest BCUT2D eigenvalue weighted by Gasteiger charge is -2.12. The van der Waals surface area contributed by atoms with E-state index in [0.29, 0.717) is 15.6 Å². The number of benzene rings is 1. The molecule has 2 aromatic rings. The van der Waals surface area contributed by atoms with Crippen LogP contribution in [0.2, 0.25) is 5.02 Å². The zero-order valence-electron chi connectivity index (χ0n) is 14.0. The number of rotatable bonds is 6. The van der Waals surface area contributed by atoms with Gasteiger partial charge in [0.1, 0.15) is 11.0 Å². The molecule has 5 N–H and O–H groups in total. The number of quaternary nitrogens is 1. The number of hydrogen-bond acceptors (Lipinski definition) is 3. The van der Waals surface area contributed by atoms with E-state index in [0.717, 1.165) is 35.3 Å². The number of thiophene rings is 1. The van der Waals surface area contributed by atoms with Crippen molar-refractivity contribution in [2.75, 3.05) is 11.9 Å². The van der Waals surface area contributed by atoms with Crippen LogP contribution in [0.15, 0.2) is 24.3 Å². The van der Waals surface area contributed by atoms with E-state index < -0.39 is 5.91 Å². The van der Waals surface area contributed by atoms with Crippen LogP contribution in [0.3, 0.4) is 0 Å². The van der Waals surface area contributed by atoms with Gasteiger partial charge in [0.05, 0.1) is 5.56 Å². The Balaban J connectivity index is 1.64. The number of halogens is 1. The van der Waals surface area contributed by atoms with Gasteiger partial charge in [-0.15, -0.1) is 11.3 Å². The highest BCUT2D eigenvalue weighted by molar-refractivity contribution is 7.17. The van der Waals surface area contributed by atoms with Crippen LogP contribution in [0.4, 0.5) is 5.00 Å². The van der Waals surface area contributed by atoms with E-state index in [2.05, 4.69) is 5.32 Å². The molecule has 0 unspecified atom stereocenters. The van der Waals surface area contributed by atoms with Crippen molar-refractivity contribution in [3.05, 3.63) is 50.9 Å². The number of nitrogens with one attached hydrogen (secondary N) is 1. The standard InChI is InChI=1S/C18H20ClN3O2S/c1-10(11-5-2-3-7-13(11)19)21-9-15(23)22-18-16(17(20)24)12-6-4-8-14(12)25-18/h2-3,5,7,10,21H,4,6,8-9H2,1H3,(H2,20,24)(H,22,23)/p+1/t10-/m1/s1. The summed E-state index contributed by atoms with van der Waals surface area (Å²) in [6.45, 7) is 2.25. The smallest absolute Gasteiger partial charge is 0.280 e. The predicted molar refractivity (Wildman–Crippen MR) is 100 cm³/mol. The van der Waals surface area contributed by atoms with Crippen LogP contribution in [0, 0.1) is 0 Å². The van der Waals surface area contributed by atoms with E-state index in [1.54, 1.807) is 0 Å². The maximum atomic E-state index is 12.3. The molecule has 0 spiro atoms. The molecule has 1 atom stereocenters. The van der Waals surface area contributed by atoms with Gasteiger partial charge in [-0.1, -0.05) is 29.8 Å². The second kappa shape index (κ2) is 7.56. The van der Waals surface area contributed by atoms with Gasteiger partial charge in [-0.2, -0.15) is 0 Å². The van der Waals surface area contributed by atoms with Crippen LogP contribution < -0.4 is 16.4 Å². The van der Waals surface area contributed by atoms with Crippen LogP contribution in [0.5, 0.6) is 0 Å². The fraction of sp³-hybridized carbons (Fsp3) is 0.333. The Morgan fingerprint density at radius 1 is 1.36 bits per heavy atom. The highest BCUT2D eigenvalue weighted by Crippen LogP contribution is 2.38. The molecule has 2 amide bonds. The van der Waals surface area contributed by atoms with E-state index in [9.17, 15) is 9.59 Å². The average Bonchev–Trinajstić information content (AvgIpc) is 3.13. The van der Waals surface area contributed by atoms with Gasteiger partial charge in [-0.3, -0.25) is 9.59 Å². The largest absolute Gasteiger partial charge is 0.365 e. The zero-order valence-corrected chi connectivity index (χ0v) is 15.5. The topological polar surface area (TPSA) is 88.8 Å². The first kappa shape index (κ1) is 17.9. The highest BCUT2D eigenvalue weighted by Gasteiger charge is 2.26. The van der Waals surface area contributed by atoms with Crippen molar-refractivity contribution >= 4 is 39.8 Å². The molecule has 1 aromatic carbocycles. The maximum absolute atomic E-state index is 12.3. The lowest BCUT2D eigenvalue weighted by atomic mass is 10.1. The van der Waals surface area contributed by atoms with Crippen molar-refractivity contribution in [2.45, 2.75) is 32.2 Å². The van der Waals surface area contributed by atoms with Crippen molar-refractivity contribution < 1.29 is 14.9 Å². The number of fused-ring (bicyclic) bond motifs is 1. The van der Waals surface area contributed by atoms with Gasteiger partial charge >= 0.3 is 0 Å². The molecular weight excluding hydrogens is 358 g/mol. The summed E-state index contributed by atoms with van der Waals surface area (Å²) in [7, 11) is 0. The Morgan fingerprint density at radius 2 is 2.12 bits per heavy atom. The summed E-state index contributed by atoms with van der Waals surface area (Å²) in [5, 5.41) is 6.05. The summed E-state index contributed by atoms with van der Waals surface area (Å²) in [6, 6.07) is 7.66. The number of anilines is 1. The Bertz CT molecular complexity index is 819. The molecule has 0 fully saturated rings. The van der Waals surface area contributed by atoms with Gasteiger partial charge in [0.2, 0.25) is 0 Å². The Kier molecular flexibility index (Phi) is 5.42. The van der Waals surface area contributed by atoms with Gasteiger partial charge in [-0.05, 0) is 37.8 Å². The van der Waals surface area contributed by atoms with Crippen molar-refractivity contribution in [1.82, 2.24) is 0 Å². The zero-order chi connectivity index (χ0) is 18.0. The number of amides is 2. The molecule has 1 aliphatic rings. The first-order valence-corrected chi connectivity index (χ1v) is 9.48. The first-order chi connectivity index (χ1) is 12.0. The van der Waals surface area contributed by atoms with Gasteiger partial charge in [0.25, 0.3) is 11.8 Å². The van der Waals surface area contributed by atoms with Crippen molar-refractivity contribution in [2.24, 2.45) is 5.73 Å². The molecule has 3 rings (SSSR count). The fourth-order valence-corrected chi connectivity index (χ4v) is 4.80. The Labute approximate surface area is 155 Å². The lowest BCUT2D eigenvalue weighted by molar-refractivity contribution is -0.682.